The van der Waals surface area contributed by atoms with Gasteiger partial charge >= 0.3 is 0 Å². The number of ether oxygens (including phenoxy) is 1. The Balaban J connectivity index is 1.54. The normalized spacial score (nSPS) is 16.1. The fraction of sp³-hybridized carbons (Fsp3) is 0.522. The quantitative estimate of drug-likeness (QED) is 0.700. The van der Waals surface area contributed by atoms with Crippen LogP contribution in [0.3, 0.4) is 0 Å². The Bertz CT molecular complexity index is 870. The molecule has 0 spiro atoms. The number of benzene rings is 1. The number of rotatable bonds is 9. The molecule has 1 aromatic carbocycles. The zero-order valence-electron chi connectivity index (χ0n) is 17.6. The van der Waals surface area contributed by atoms with Crippen molar-refractivity contribution in [2.24, 2.45) is 11.8 Å². The summed E-state index contributed by atoms with van der Waals surface area (Å²) in [6.07, 6.45) is 6.27. The van der Waals surface area contributed by atoms with Crippen molar-refractivity contribution < 1.29 is 9.53 Å². The van der Waals surface area contributed by atoms with Crippen molar-refractivity contribution in [3.05, 3.63) is 35.9 Å². The fourth-order valence-corrected chi connectivity index (χ4v) is 3.65. The number of aryl methyl sites for hydroxylation is 2. The summed E-state index contributed by atoms with van der Waals surface area (Å²) in [6.45, 7) is 6.61. The molecule has 4 rings (SSSR count). The van der Waals surface area contributed by atoms with Crippen molar-refractivity contribution in [2.75, 3.05) is 32.1 Å². The molecule has 2 aliphatic carbocycles. The molecule has 1 amide bonds. The molecule has 1 aromatic heterocycles. The van der Waals surface area contributed by atoms with Crippen LogP contribution in [0.5, 0.6) is 5.75 Å². The molecule has 0 radical (unpaired) electrons. The van der Waals surface area contributed by atoms with Gasteiger partial charge in [-0.05, 0) is 70.7 Å². The van der Waals surface area contributed by atoms with Crippen molar-refractivity contribution in [1.82, 2.24) is 14.9 Å². The molecule has 0 atom stereocenters. The summed E-state index contributed by atoms with van der Waals surface area (Å²) < 4.78 is 6.18. The zero-order valence-corrected chi connectivity index (χ0v) is 17.6. The van der Waals surface area contributed by atoms with Gasteiger partial charge in [0.15, 0.2) is 0 Å². The van der Waals surface area contributed by atoms with Gasteiger partial charge in [0.05, 0.1) is 0 Å². The predicted octanol–water partition coefficient (Wildman–Crippen LogP) is 3.83. The van der Waals surface area contributed by atoms with Gasteiger partial charge in [-0.25, -0.2) is 9.97 Å². The van der Waals surface area contributed by atoms with Gasteiger partial charge in [0, 0.05) is 47.2 Å². The molecule has 2 aliphatic rings. The number of hydrogen-bond acceptors (Lipinski definition) is 5. The van der Waals surface area contributed by atoms with Crippen molar-refractivity contribution in [3.8, 4) is 16.9 Å². The number of anilines is 1. The van der Waals surface area contributed by atoms with Crippen LogP contribution >= 0.6 is 0 Å². The predicted molar refractivity (Wildman–Crippen MR) is 114 cm³/mol. The molecule has 2 fully saturated rings. The van der Waals surface area contributed by atoms with Gasteiger partial charge in [-0.15, -0.1) is 0 Å². The topological polar surface area (TPSA) is 67.3 Å². The van der Waals surface area contributed by atoms with Gasteiger partial charge in [0.1, 0.15) is 18.7 Å². The molecule has 0 saturated heterocycles. The molecular formula is C23H30N4O2. The van der Waals surface area contributed by atoms with Gasteiger partial charge < -0.3 is 15.0 Å². The number of nitrogens with one attached hydrogen (secondary N) is 1. The third-order valence-electron chi connectivity index (χ3n) is 5.69. The maximum absolute atomic E-state index is 12.2. The van der Waals surface area contributed by atoms with E-state index in [0.717, 1.165) is 65.8 Å². The number of carbonyl (C=O) groups excluding carboxylic acids is 1. The summed E-state index contributed by atoms with van der Waals surface area (Å²) in [6, 6.07) is 5.86. The van der Waals surface area contributed by atoms with Gasteiger partial charge in [-0.3, -0.25) is 4.79 Å². The average molecular weight is 395 g/mol. The smallest absolute Gasteiger partial charge is 0.227 e. The van der Waals surface area contributed by atoms with E-state index in [1.165, 1.54) is 12.8 Å². The number of hydrogen-bond donors (Lipinski definition) is 1. The van der Waals surface area contributed by atoms with Crippen LogP contribution in [-0.2, 0) is 4.79 Å². The molecular weight excluding hydrogens is 364 g/mol. The second kappa shape index (κ2) is 8.49. The molecule has 0 bridgehead atoms. The van der Waals surface area contributed by atoms with Crippen molar-refractivity contribution in [1.29, 1.82) is 0 Å². The summed E-state index contributed by atoms with van der Waals surface area (Å²) >= 11 is 0. The maximum Gasteiger partial charge on any atom is 0.227 e. The van der Waals surface area contributed by atoms with Gasteiger partial charge in [-0.1, -0.05) is 0 Å². The Hall–Kier alpha value is -2.47. The number of likely N-dealkylation sites (N-methyl/N-ethyl adjacent to an activating group) is 1. The molecule has 154 valence electrons. The molecule has 6 heteroatoms. The lowest BCUT2D eigenvalue weighted by Gasteiger charge is -2.19. The third kappa shape index (κ3) is 5.12. The van der Waals surface area contributed by atoms with Gasteiger partial charge in [0.25, 0.3) is 0 Å². The van der Waals surface area contributed by atoms with Crippen LogP contribution in [0, 0.1) is 25.7 Å². The Morgan fingerprint density at radius 1 is 1.17 bits per heavy atom. The van der Waals surface area contributed by atoms with Crippen LogP contribution in [0.1, 0.15) is 37.1 Å². The Morgan fingerprint density at radius 2 is 1.90 bits per heavy atom. The summed E-state index contributed by atoms with van der Waals surface area (Å²) in [7, 11) is 2.15. The minimum Gasteiger partial charge on any atom is -0.492 e. The maximum atomic E-state index is 12.2. The first-order valence-corrected chi connectivity index (χ1v) is 10.6. The lowest BCUT2D eigenvalue weighted by atomic mass is 10.0. The summed E-state index contributed by atoms with van der Waals surface area (Å²) in [5.41, 5.74) is 4.49. The van der Waals surface area contributed by atoms with Crippen LogP contribution < -0.4 is 10.1 Å². The first kappa shape index (κ1) is 19.8. The second-order valence-corrected chi connectivity index (χ2v) is 8.45. The van der Waals surface area contributed by atoms with E-state index in [2.05, 4.69) is 27.2 Å². The Morgan fingerprint density at radius 3 is 2.55 bits per heavy atom. The Kier molecular flexibility index (Phi) is 5.81. The standard InChI is InChI=1S/C23H30N4O2/c1-15-22(16(2)25-14-24-15)20-12-19(26-23(28)18-6-7-18)8-9-21(20)29-11-10-27(3)13-17-4-5-17/h8-9,12,14,17-18H,4-7,10-11,13H2,1-3H3,(H,26,28). The highest BCUT2D eigenvalue weighted by atomic mass is 16.5. The number of carbonyl (C=O) groups is 1. The zero-order chi connectivity index (χ0) is 20.4. The van der Waals surface area contributed by atoms with E-state index < -0.39 is 0 Å². The van der Waals surface area contributed by atoms with E-state index >= 15 is 0 Å². The van der Waals surface area contributed by atoms with E-state index in [1.54, 1.807) is 6.33 Å². The monoisotopic (exact) mass is 394 g/mol. The number of amides is 1. The highest BCUT2D eigenvalue weighted by Gasteiger charge is 2.29. The summed E-state index contributed by atoms with van der Waals surface area (Å²) in [4.78, 5) is 23.3. The van der Waals surface area contributed by atoms with E-state index in [-0.39, 0.29) is 11.8 Å². The fourth-order valence-electron chi connectivity index (χ4n) is 3.65. The van der Waals surface area contributed by atoms with Crippen molar-refractivity contribution in [2.45, 2.75) is 39.5 Å². The molecule has 1 N–H and O–H groups in total. The third-order valence-corrected chi connectivity index (χ3v) is 5.69. The number of nitrogens with zero attached hydrogens (tertiary/aromatic N) is 3. The first-order valence-electron chi connectivity index (χ1n) is 10.6. The van der Waals surface area contributed by atoms with Crippen LogP contribution in [-0.4, -0.2) is 47.5 Å². The SMILES string of the molecule is Cc1ncnc(C)c1-c1cc(NC(=O)C2CC2)ccc1OCCN(C)CC1CC1. The van der Waals surface area contributed by atoms with Crippen LogP contribution in [0.2, 0.25) is 0 Å². The first-order chi connectivity index (χ1) is 14.0. The molecule has 29 heavy (non-hydrogen) atoms. The van der Waals surface area contributed by atoms with Crippen LogP contribution in [0.25, 0.3) is 11.1 Å². The molecule has 0 unspecified atom stereocenters. The van der Waals surface area contributed by atoms with E-state index in [4.69, 9.17) is 4.74 Å². The highest BCUT2D eigenvalue weighted by molar-refractivity contribution is 5.95. The minimum atomic E-state index is 0.101. The van der Waals surface area contributed by atoms with E-state index in [9.17, 15) is 4.79 Å². The summed E-state index contributed by atoms with van der Waals surface area (Å²) in [5, 5.41) is 3.04. The van der Waals surface area contributed by atoms with Gasteiger partial charge in [0.2, 0.25) is 5.91 Å². The Labute approximate surface area is 172 Å². The van der Waals surface area contributed by atoms with Crippen LogP contribution in [0.15, 0.2) is 24.5 Å². The minimum absolute atomic E-state index is 0.101. The van der Waals surface area contributed by atoms with Crippen molar-refractivity contribution in [3.63, 3.8) is 0 Å². The summed E-state index contributed by atoms with van der Waals surface area (Å²) in [5.74, 6) is 1.94. The molecule has 6 nitrogen and oxygen atoms in total. The van der Waals surface area contributed by atoms with E-state index in [1.807, 2.05) is 32.0 Å². The number of aromatic nitrogens is 2. The van der Waals surface area contributed by atoms with Gasteiger partial charge in [-0.2, -0.15) is 0 Å². The molecule has 2 aromatic rings. The lowest BCUT2D eigenvalue weighted by molar-refractivity contribution is -0.117. The second-order valence-electron chi connectivity index (χ2n) is 8.45. The largest absolute Gasteiger partial charge is 0.492 e. The van der Waals surface area contributed by atoms with Crippen molar-refractivity contribution >= 4 is 11.6 Å². The molecule has 0 aliphatic heterocycles. The van der Waals surface area contributed by atoms with Crippen LogP contribution in [0.4, 0.5) is 5.69 Å². The molecule has 2 saturated carbocycles. The van der Waals surface area contributed by atoms with E-state index in [0.29, 0.717) is 6.61 Å². The highest BCUT2D eigenvalue weighted by Crippen LogP contribution is 2.37. The molecule has 1 heterocycles. The lowest BCUT2D eigenvalue weighted by Crippen LogP contribution is -2.26. The average Bonchev–Trinajstić information content (AvgIpc) is 3.57.